The quantitative estimate of drug-likeness (QED) is 0.132. The van der Waals surface area contributed by atoms with Gasteiger partial charge in [0.15, 0.2) is 0 Å². The molecule has 2 heterocycles. The summed E-state index contributed by atoms with van der Waals surface area (Å²) in [7, 11) is -0.00879. The highest BCUT2D eigenvalue weighted by atomic mass is 36.0. The Labute approximate surface area is 312 Å². The summed E-state index contributed by atoms with van der Waals surface area (Å²) in [4.78, 5) is 0.465. The van der Waals surface area contributed by atoms with Gasteiger partial charge >= 0.3 is 0 Å². The summed E-state index contributed by atoms with van der Waals surface area (Å²) in [5.41, 5.74) is 4.29. The van der Waals surface area contributed by atoms with Crippen molar-refractivity contribution in [2.24, 2.45) is 0 Å². The van der Waals surface area contributed by atoms with E-state index in [0.717, 1.165) is 21.9 Å². The largest absolute Gasteiger partial charge is 0.390 e. The molecule has 0 unspecified atom stereocenters. The number of aliphatic hydroxyl groups excluding tert-OH is 1. The van der Waals surface area contributed by atoms with E-state index in [2.05, 4.69) is 21.4 Å². The fraction of sp³-hybridized carbons (Fsp3) is 0.152. The molecule has 0 radical (unpaired) electrons. The van der Waals surface area contributed by atoms with Crippen molar-refractivity contribution < 1.29 is 26.2 Å². The molecule has 0 spiro atoms. The monoisotopic (exact) mass is 822 g/mol. The highest BCUT2D eigenvalue weighted by Gasteiger charge is 2.23. The third kappa shape index (κ3) is 10.2. The molecule has 0 aliphatic rings. The van der Waals surface area contributed by atoms with Crippen molar-refractivity contribution in [1.82, 2.24) is 7.94 Å². The van der Waals surface area contributed by atoms with Crippen LogP contribution < -0.4 is 0 Å². The molecule has 6 aromatic rings. The molecule has 0 fully saturated rings. The van der Waals surface area contributed by atoms with Crippen LogP contribution in [0.5, 0.6) is 0 Å². The molecule has 1 N–H and O–H groups in total. The lowest BCUT2D eigenvalue weighted by atomic mass is 10.2. The fourth-order valence-electron chi connectivity index (χ4n) is 4.90. The third-order valence-corrected chi connectivity index (χ3v) is 10.7. The molecule has 0 aliphatic heterocycles. The maximum Gasteiger partial charge on any atom is 0.268 e. The summed E-state index contributed by atoms with van der Waals surface area (Å²) < 4.78 is 63.0. The molecule has 16 heteroatoms. The van der Waals surface area contributed by atoms with Crippen LogP contribution in [0, 0.1) is 13.8 Å². The smallest absolute Gasteiger partial charge is 0.268 e. The average molecular weight is 825 g/mol. The molecule has 0 amide bonds. The topological polar surface area (TPSA) is 115 Å². The zero-order chi connectivity index (χ0) is 36.4. The van der Waals surface area contributed by atoms with Gasteiger partial charge in [-0.3, -0.25) is 0 Å². The van der Waals surface area contributed by atoms with Gasteiger partial charge in [0.2, 0.25) is 9.23 Å². The molecule has 0 atom stereocenters. The number of hydrogen-bond acceptors (Lipinski definition) is 6. The minimum Gasteiger partial charge on any atom is -0.390 e. The van der Waals surface area contributed by atoms with Crippen LogP contribution in [-0.4, -0.2) is 39.4 Å². The second kappa shape index (κ2) is 18.6. The van der Waals surface area contributed by atoms with Gasteiger partial charge < -0.3 is 5.11 Å². The van der Waals surface area contributed by atoms with Crippen LogP contribution in [0.25, 0.3) is 21.8 Å². The van der Waals surface area contributed by atoms with Gasteiger partial charge in [0.05, 0.1) is 50.0 Å². The lowest BCUT2D eigenvalue weighted by molar-refractivity contribution is 0.276. The first-order valence-electron chi connectivity index (χ1n) is 14.1. The van der Waals surface area contributed by atoms with Crippen LogP contribution in [0.15, 0.2) is 119 Å². The summed E-state index contributed by atoms with van der Waals surface area (Å²) in [5.74, 6) is 0.139. The number of halogens is 5. The van der Waals surface area contributed by atoms with E-state index in [4.69, 9.17) is 39.0 Å². The number of nitrogens with zero attached hydrogens (tertiary/aromatic N) is 2. The molecular weight excluding hydrogens is 794 g/mol. The van der Waals surface area contributed by atoms with Crippen LogP contribution in [0.4, 0.5) is 0 Å². The van der Waals surface area contributed by atoms with Gasteiger partial charge in [-0.1, -0.05) is 59.7 Å². The number of hydrogen-bond donors (Lipinski definition) is 1. The Morgan fingerprint density at radius 1 is 0.612 bits per heavy atom. The van der Waals surface area contributed by atoms with Crippen LogP contribution in [-0.2, 0) is 41.8 Å². The maximum atomic E-state index is 12.9. The number of alkyl halides is 3. The number of aliphatic hydroxyl groups is 1. The Morgan fingerprint density at radius 3 is 1.31 bits per heavy atom. The van der Waals surface area contributed by atoms with E-state index in [1.165, 1.54) is 7.94 Å². The summed E-state index contributed by atoms with van der Waals surface area (Å²) in [5, 5.41) is 11.4. The Bertz CT molecular complexity index is 2090. The predicted molar refractivity (Wildman–Crippen MR) is 203 cm³/mol. The van der Waals surface area contributed by atoms with Crippen molar-refractivity contribution in [1.29, 1.82) is 0 Å². The Balaban J connectivity index is 0.000000224. The SMILES string of the molecule is Cc1ccc2c(c1)cc(CCl)n2S(=O)(=O)c1ccccc1.Cc1ccc2c(c1)cc(CO)n2S(=O)(=O)c1ccccc1.ClCCl.O=S(Cl)Cl. The van der Waals surface area contributed by atoms with Gasteiger partial charge in [0, 0.05) is 32.1 Å². The van der Waals surface area contributed by atoms with Gasteiger partial charge in [-0.2, -0.15) is 0 Å². The fourth-order valence-corrected chi connectivity index (χ4v) is 8.29. The molecule has 49 heavy (non-hydrogen) atoms. The van der Waals surface area contributed by atoms with Crippen molar-refractivity contribution in [2.45, 2.75) is 36.1 Å². The highest BCUT2D eigenvalue weighted by Crippen LogP contribution is 2.28. The number of rotatable bonds is 6. The molecule has 0 saturated heterocycles. The summed E-state index contributed by atoms with van der Waals surface area (Å²) >= 11 is 15.5. The van der Waals surface area contributed by atoms with Crippen molar-refractivity contribution in [3.8, 4) is 0 Å². The third-order valence-electron chi connectivity index (χ3n) is 6.83. The number of fused-ring (bicyclic) bond motifs is 2. The van der Waals surface area contributed by atoms with E-state index < -0.39 is 29.3 Å². The first kappa shape index (κ1) is 40.8. The molecule has 0 aliphatic carbocycles. The molecule has 6 rings (SSSR count). The van der Waals surface area contributed by atoms with Crippen molar-refractivity contribution in [3.05, 3.63) is 132 Å². The molecule has 8 nitrogen and oxygen atoms in total. The zero-order valence-corrected chi connectivity index (χ0v) is 32.2. The van der Waals surface area contributed by atoms with Crippen molar-refractivity contribution in [3.63, 3.8) is 0 Å². The summed E-state index contributed by atoms with van der Waals surface area (Å²) in [6.07, 6.45) is 0. The van der Waals surface area contributed by atoms with Gasteiger partial charge in [-0.25, -0.2) is 29.0 Å². The highest BCUT2D eigenvalue weighted by molar-refractivity contribution is 8.26. The van der Waals surface area contributed by atoms with Crippen LogP contribution >= 0.6 is 56.2 Å². The minimum absolute atomic E-state index is 0.139. The molecule has 2 aromatic heterocycles. The Morgan fingerprint density at radius 2 is 0.959 bits per heavy atom. The normalized spacial score (nSPS) is 11.3. The van der Waals surface area contributed by atoms with Crippen LogP contribution in [0.1, 0.15) is 22.5 Å². The van der Waals surface area contributed by atoms with Gasteiger partial charge in [0.1, 0.15) is 0 Å². The molecular formula is C33H31Cl5N2O6S3. The second-order valence-electron chi connectivity index (χ2n) is 10.1. The lowest BCUT2D eigenvalue weighted by Crippen LogP contribution is -2.15. The molecule has 4 aromatic carbocycles. The Kier molecular flexibility index (Phi) is 15.5. The van der Waals surface area contributed by atoms with E-state index in [9.17, 15) is 21.9 Å². The van der Waals surface area contributed by atoms with Gasteiger partial charge in [-0.15, -0.1) is 34.8 Å². The van der Waals surface area contributed by atoms with Crippen molar-refractivity contribution >= 4 is 107 Å². The van der Waals surface area contributed by atoms with E-state index in [-0.39, 0.29) is 27.6 Å². The van der Waals surface area contributed by atoms with E-state index in [1.807, 2.05) is 50.2 Å². The molecule has 0 bridgehead atoms. The van der Waals surface area contributed by atoms with Gasteiger partial charge in [0.25, 0.3) is 20.0 Å². The molecule has 0 saturated carbocycles. The Hall–Kier alpha value is -2.58. The van der Waals surface area contributed by atoms with E-state index in [0.29, 0.717) is 22.4 Å². The number of aryl methyl sites for hydroxylation is 2. The van der Waals surface area contributed by atoms with Crippen LogP contribution in [0.3, 0.4) is 0 Å². The first-order valence-corrected chi connectivity index (χ1v) is 21.4. The summed E-state index contributed by atoms with van der Waals surface area (Å²) in [6, 6.07) is 31.4. The minimum atomic E-state index is -3.72. The second-order valence-corrected chi connectivity index (χ2v) is 17.3. The summed E-state index contributed by atoms with van der Waals surface area (Å²) in [6.45, 7) is 3.59. The van der Waals surface area contributed by atoms with E-state index in [1.54, 1.807) is 72.8 Å². The van der Waals surface area contributed by atoms with Gasteiger partial charge in [-0.05, 0) is 74.5 Å². The predicted octanol–water partition coefficient (Wildman–Crippen LogP) is 9.07. The van der Waals surface area contributed by atoms with Crippen LogP contribution in [0.2, 0.25) is 0 Å². The molecule has 262 valence electrons. The zero-order valence-electron chi connectivity index (χ0n) is 26.0. The standard InChI is InChI=1S/C16H14ClNO2S.C16H15NO3S.CH2Cl2.Cl2OS/c1-12-7-8-16-13(9-12)10-14(11-17)18(16)21(19,20)15-5-3-2-4-6-15;1-12-7-8-16-13(9-12)10-14(11-18)17(16)21(19,20)15-5-3-2-4-6-15;2-1-3;1-4(2)3/h2-10H,11H2,1H3;2-10,18H,11H2,1H3;1H2;. The number of benzene rings is 4. The maximum absolute atomic E-state index is 12.9. The number of aromatic nitrogens is 2. The van der Waals surface area contributed by atoms with E-state index >= 15 is 0 Å². The van der Waals surface area contributed by atoms with Crippen molar-refractivity contribution in [2.75, 3.05) is 5.34 Å². The lowest BCUT2D eigenvalue weighted by Gasteiger charge is -2.10. The average Bonchev–Trinajstić information content (AvgIpc) is 3.64. The first-order chi connectivity index (χ1) is 23.2.